The zero-order valence-corrected chi connectivity index (χ0v) is 8.21. The van der Waals surface area contributed by atoms with Crippen LogP contribution >= 0.6 is 11.6 Å². The first-order valence-electron chi connectivity index (χ1n) is 3.84. The number of nitro groups is 1. The number of allylic oxidation sites excluding steroid dienone is 5. The van der Waals surface area contributed by atoms with Crippen LogP contribution in [-0.2, 0) is 0 Å². The maximum absolute atomic E-state index is 10.5. The van der Waals surface area contributed by atoms with Gasteiger partial charge in [0.15, 0.2) is 0 Å². The van der Waals surface area contributed by atoms with Gasteiger partial charge in [-0.1, -0.05) is 31.5 Å². The van der Waals surface area contributed by atoms with Gasteiger partial charge in [-0.3, -0.25) is 10.1 Å². The molecular formula is C9H10ClNO2. The Labute approximate surface area is 81.5 Å². The van der Waals surface area contributed by atoms with E-state index in [1.54, 1.807) is 12.2 Å². The summed E-state index contributed by atoms with van der Waals surface area (Å²) in [5.74, 6) is 0. The van der Waals surface area contributed by atoms with Crippen molar-refractivity contribution in [1.82, 2.24) is 0 Å². The van der Waals surface area contributed by atoms with Crippen molar-refractivity contribution in [2.45, 2.75) is 13.8 Å². The van der Waals surface area contributed by atoms with E-state index in [-0.39, 0.29) is 11.1 Å². The molecule has 0 radical (unpaired) electrons. The molecule has 0 atom stereocenters. The van der Waals surface area contributed by atoms with Crippen LogP contribution in [0.5, 0.6) is 0 Å². The van der Waals surface area contributed by atoms with E-state index in [1.165, 1.54) is 12.2 Å². The summed E-state index contributed by atoms with van der Waals surface area (Å²) in [6.45, 7) is 3.73. The summed E-state index contributed by atoms with van der Waals surface area (Å²) in [6, 6.07) is 0. The molecule has 0 unspecified atom stereocenters. The number of nitrogens with zero attached hydrogens (tertiary/aromatic N) is 1. The summed E-state index contributed by atoms with van der Waals surface area (Å²) in [4.78, 5) is 10.1. The van der Waals surface area contributed by atoms with Gasteiger partial charge >= 0.3 is 0 Å². The SMILES string of the molecule is CC1(C)C=C(Cl)C=CC([N+](=O)[O-])=C1. The number of hydrogen-bond acceptors (Lipinski definition) is 2. The first kappa shape index (κ1) is 9.99. The molecule has 0 aromatic rings. The minimum atomic E-state index is -0.415. The van der Waals surface area contributed by atoms with Crippen LogP contribution in [0.15, 0.2) is 35.0 Å². The lowest BCUT2D eigenvalue weighted by Crippen LogP contribution is -2.06. The number of hydrogen-bond donors (Lipinski definition) is 0. The molecule has 1 aliphatic rings. The van der Waals surface area contributed by atoms with Crippen LogP contribution in [0.1, 0.15) is 13.8 Å². The Hall–Kier alpha value is -1.09. The Balaban J connectivity index is 3.11. The van der Waals surface area contributed by atoms with Crippen LogP contribution in [-0.4, -0.2) is 4.92 Å². The molecule has 4 heteroatoms. The lowest BCUT2D eigenvalue weighted by atomic mass is 9.92. The third kappa shape index (κ3) is 2.70. The minimum Gasteiger partial charge on any atom is -0.258 e. The van der Waals surface area contributed by atoms with E-state index in [1.807, 2.05) is 13.8 Å². The van der Waals surface area contributed by atoms with Crippen molar-refractivity contribution in [2.24, 2.45) is 5.41 Å². The maximum atomic E-state index is 10.5. The Kier molecular flexibility index (Phi) is 2.57. The van der Waals surface area contributed by atoms with E-state index in [0.29, 0.717) is 5.03 Å². The smallest absolute Gasteiger partial charge is 0.258 e. The molecule has 0 aliphatic heterocycles. The predicted molar refractivity (Wildman–Crippen MR) is 51.9 cm³/mol. The van der Waals surface area contributed by atoms with E-state index >= 15 is 0 Å². The van der Waals surface area contributed by atoms with Crippen molar-refractivity contribution >= 4 is 11.6 Å². The molecule has 70 valence electrons. The molecule has 0 saturated heterocycles. The van der Waals surface area contributed by atoms with Gasteiger partial charge in [-0.15, -0.1) is 0 Å². The lowest BCUT2D eigenvalue weighted by molar-refractivity contribution is -0.419. The zero-order chi connectivity index (χ0) is 10.1. The molecule has 0 aromatic heterocycles. The van der Waals surface area contributed by atoms with E-state index in [4.69, 9.17) is 11.6 Å². The summed E-state index contributed by atoms with van der Waals surface area (Å²) in [5.41, 5.74) is -0.292. The third-order valence-electron chi connectivity index (χ3n) is 1.65. The fourth-order valence-electron chi connectivity index (χ4n) is 1.15. The van der Waals surface area contributed by atoms with Crippen molar-refractivity contribution < 1.29 is 4.92 Å². The summed E-state index contributed by atoms with van der Waals surface area (Å²) in [6.07, 6.45) is 6.30. The second-order valence-electron chi connectivity index (χ2n) is 3.51. The minimum absolute atomic E-state index is 0.0805. The van der Waals surface area contributed by atoms with Gasteiger partial charge in [0.1, 0.15) is 0 Å². The van der Waals surface area contributed by atoms with Crippen LogP contribution in [0.3, 0.4) is 0 Å². The van der Waals surface area contributed by atoms with Crippen molar-refractivity contribution in [3.05, 3.63) is 45.1 Å². The summed E-state index contributed by atoms with van der Waals surface area (Å²) in [5, 5.41) is 11.0. The molecule has 0 saturated carbocycles. The van der Waals surface area contributed by atoms with E-state index in [2.05, 4.69) is 0 Å². The largest absolute Gasteiger partial charge is 0.266 e. The van der Waals surface area contributed by atoms with Crippen molar-refractivity contribution in [1.29, 1.82) is 0 Å². The van der Waals surface area contributed by atoms with Crippen LogP contribution in [0, 0.1) is 15.5 Å². The van der Waals surface area contributed by atoms with Gasteiger partial charge in [0, 0.05) is 22.6 Å². The highest BCUT2D eigenvalue weighted by Gasteiger charge is 2.20. The van der Waals surface area contributed by atoms with Crippen molar-refractivity contribution in [3.63, 3.8) is 0 Å². The maximum Gasteiger partial charge on any atom is 0.266 e. The van der Waals surface area contributed by atoms with Crippen molar-refractivity contribution in [2.75, 3.05) is 0 Å². The molecule has 0 amide bonds. The summed E-state index contributed by atoms with van der Waals surface area (Å²) in [7, 11) is 0. The Morgan fingerprint density at radius 1 is 1.38 bits per heavy atom. The van der Waals surface area contributed by atoms with E-state index < -0.39 is 4.92 Å². The van der Waals surface area contributed by atoms with Gasteiger partial charge in [-0.2, -0.15) is 0 Å². The fraction of sp³-hybridized carbons (Fsp3) is 0.333. The quantitative estimate of drug-likeness (QED) is 0.482. The van der Waals surface area contributed by atoms with E-state index in [9.17, 15) is 10.1 Å². The zero-order valence-electron chi connectivity index (χ0n) is 7.45. The molecule has 1 aliphatic carbocycles. The summed E-state index contributed by atoms with van der Waals surface area (Å²) < 4.78 is 0. The molecule has 0 N–H and O–H groups in total. The molecule has 0 aromatic carbocycles. The monoisotopic (exact) mass is 199 g/mol. The Morgan fingerprint density at radius 2 is 2.00 bits per heavy atom. The average molecular weight is 200 g/mol. The molecule has 0 spiro atoms. The van der Waals surface area contributed by atoms with Crippen LogP contribution in [0.2, 0.25) is 0 Å². The normalized spacial score (nSPS) is 20.2. The first-order valence-corrected chi connectivity index (χ1v) is 4.22. The Morgan fingerprint density at radius 3 is 2.54 bits per heavy atom. The summed E-state index contributed by atoms with van der Waals surface area (Å²) >= 11 is 5.79. The van der Waals surface area contributed by atoms with Gasteiger partial charge in [-0.05, 0) is 6.08 Å². The lowest BCUT2D eigenvalue weighted by Gasteiger charge is -2.12. The Bertz CT molecular complexity index is 327. The molecule has 0 heterocycles. The first-order chi connectivity index (χ1) is 5.91. The highest BCUT2D eigenvalue weighted by Crippen LogP contribution is 2.28. The van der Waals surface area contributed by atoms with Gasteiger partial charge in [-0.25, -0.2) is 0 Å². The topological polar surface area (TPSA) is 43.1 Å². The van der Waals surface area contributed by atoms with Crippen LogP contribution in [0.4, 0.5) is 0 Å². The van der Waals surface area contributed by atoms with Crippen LogP contribution < -0.4 is 0 Å². The number of rotatable bonds is 1. The predicted octanol–water partition coefficient (Wildman–Crippen LogP) is 2.87. The van der Waals surface area contributed by atoms with E-state index in [0.717, 1.165) is 0 Å². The van der Waals surface area contributed by atoms with Gasteiger partial charge in [0.2, 0.25) is 0 Å². The highest BCUT2D eigenvalue weighted by molar-refractivity contribution is 6.31. The molecule has 1 rings (SSSR count). The molecular weight excluding hydrogens is 190 g/mol. The van der Waals surface area contributed by atoms with Gasteiger partial charge in [0.25, 0.3) is 5.70 Å². The highest BCUT2D eigenvalue weighted by atomic mass is 35.5. The van der Waals surface area contributed by atoms with Gasteiger partial charge in [0.05, 0.1) is 4.92 Å². The van der Waals surface area contributed by atoms with Crippen molar-refractivity contribution in [3.8, 4) is 0 Å². The standard InChI is InChI=1S/C9H10ClNO2/c1-9(2)5-7(10)3-4-8(6-9)11(12)13/h3-6H,1-2H3. The molecule has 13 heavy (non-hydrogen) atoms. The third-order valence-corrected chi connectivity index (χ3v) is 1.89. The van der Waals surface area contributed by atoms with Crippen LogP contribution in [0.25, 0.3) is 0 Å². The average Bonchev–Trinajstić information content (AvgIpc) is 2.07. The molecule has 0 bridgehead atoms. The number of halogens is 1. The second kappa shape index (κ2) is 3.34. The fourth-order valence-corrected chi connectivity index (χ4v) is 1.50. The molecule has 0 fully saturated rings. The molecule has 3 nitrogen and oxygen atoms in total. The van der Waals surface area contributed by atoms with Gasteiger partial charge < -0.3 is 0 Å². The second-order valence-corrected chi connectivity index (χ2v) is 3.95.